The fraction of sp³-hybridized carbons (Fsp3) is 0.250. The van der Waals surface area contributed by atoms with Crippen molar-refractivity contribution in [3.8, 4) is 5.75 Å². The molecule has 9 heteroatoms. The smallest absolute Gasteiger partial charge is 0.272 e. The summed E-state index contributed by atoms with van der Waals surface area (Å²) in [6, 6.07) is 12.0. The van der Waals surface area contributed by atoms with Crippen LogP contribution in [0.15, 0.2) is 52.0 Å². The van der Waals surface area contributed by atoms with Gasteiger partial charge in [0.1, 0.15) is 5.75 Å². The van der Waals surface area contributed by atoms with Crippen LogP contribution in [0, 0.1) is 0 Å². The van der Waals surface area contributed by atoms with Gasteiger partial charge in [-0.05, 0) is 51.8 Å². The molecule has 0 atom stereocenters. The number of rotatable bonds is 6. The molecule has 2 aromatic rings. The number of nitrogens with zero attached hydrogens (tertiary/aromatic N) is 2. The molecule has 3 rings (SSSR count). The van der Waals surface area contributed by atoms with Crippen LogP contribution in [0.1, 0.15) is 15.9 Å². The second kappa shape index (κ2) is 10.4. The van der Waals surface area contributed by atoms with E-state index in [-0.39, 0.29) is 12.5 Å². The van der Waals surface area contributed by atoms with E-state index in [1.165, 1.54) is 6.21 Å². The minimum absolute atomic E-state index is 0.0417. The number of carbonyl (C=O) groups excluding carboxylic acids is 2. The third-order valence-electron chi connectivity index (χ3n) is 4.17. The quantitative estimate of drug-likeness (QED) is 0.509. The van der Waals surface area contributed by atoms with Gasteiger partial charge in [0, 0.05) is 13.1 Å². The topological polar surface area (TPSA) is 80.2 Å². The van der Waals surface area contributed by atoms with E-state index in [0.717, 1.165) is 5.56 Å². The highest BCUT2D eigenvalue weighted by Gasteiger charge is 2.17. The van der Waals surface area contributed by atoms with Crippen molar-refractivity contribution in [3.05, 3.63) is 63.1 Å². The summed E-state index contributed by atoms with van der Waals surface area (Å²) in [6.45, 7) is 2.23. The van der Waals surface area contributed by atoms with Crippen molar-refractivity contribution in [2.24, 2.45) is 5.10 Å². The number of ether oxygens (including phenoxy) is 2. The van der Waals surface area contributed by atoms with E-state index in [2.05, 4.69) is 26.5 Å². The molecule has 29 heavy (non-hydrogen) atoms. The van der Waals surface area contributed by atoms with Crippen LogP contribution in [0.4, 0.5) is 0 Å². The highest BCUT2D eigenvalue weighted by molar-refractivity contribution is 9.10. The summed E-state index contributed by atoms with van der Waals surface area (Å²) in [7, 11) is 0. The molecule has 0 spiro atoms. The summed E-state index contributed by atoms with van der Waals surface area (Å²) in [6.07, 6.45) is 1.50. The van der Waals surface area contributed by atoms with Crippen molar-refractivity contribution in [1.29, 1.82) is 0 Å². The number of nitrogens with one attached hydrogen (secondary N) is 1. The number of hydrogen-bond acceptors (Lipinski definition) is 5. The Bertz CT molecular complexity index is 916. The first kappa shape index (κ1) is 21.3. The number of amides is 2. The first-order valence-electron chi connectivity index (χ1n) is 8.90. The molecule has 152 valence electrons. The number of hydrogen-bond donors (Lipinski definition) is 1. The van der Waals surface area contributed by atoms with Crippen molar-refractivity contribution in [1.82, 2.24) is 10.3 Å². The minimum Gasteiger partial charge on any atom is -0.483 e. The fourth-order valence-corrected chi connectivity index (χ4v) is 3.36. The Morgan fingerprint density at radius 1 is 1.24 bits per heavy atom. The number of hydrazone groups is 1. The van der Waals surface area contributed by atoms with Gasteiger partial charge in [0.2, 0.25) is 0 Å². The number of morpholine rings is 1. The van der Waals surface area contributed by atoms with Gasteiger partial charge in [0.15, 0.2) is 6.61 Å². The molecular formula is C20H19BrClN3O4. The number of carbonyl (C=O) groups is 2. The Kier molecular flexibility index (Phi) is 7.62. The van der Waals surface area contributed by atoms with E-state index in [1.54, 1.807) is 47.4 Å². The van der Waals surface area contributed by atoms with Crippen LogP contribution in [0.5, 0.6) is 5.75 Å². The molecule has 0 bridgehead atoms. The molecule has 2 amide bonds. The normalized spacial score (nSPS) is 14.1. The van der Waals surface area contributed by atoms with Gasteiger partial charge in [-0.3, -0.25) is 9.59 Å². The van der Waals surface area contributed by atoms with Crippen LogP contribution >= 0.6 is 27.5 Å². The van der Waals surface area contributed by atoms with Crippen molar-refractivity contribution >= 4 is 45.6 Å². The maximum Gasteiger partial charge on any atom is 0.272 e. The largest absolute Gasteiger partial charge is 0.483 e. The molecule has 0 aliphatic carbocycles. The first-order chi connectivity index (χ1) is 14.0. The lowest BCUT2D eigenvalue weighted by molar-refractivity contribution is -0.137. The van der Waals surface area contributed by atoms with Gasteiger partial charge in [-0.1, -0.05) is 23.7 Å². The lowest BCUT2D eigenvalue weighted by Gasteiger charge is -2.26. The summed E-state index contributed by atoms with van der Waals surface area (Å²) in [5, 5.41) is 4.31. The summed E-state index contributed by atoms with van der Waals surface area (Å²) in [5.74, 6) is 0.0736. The molecule has 7 nitrogen and oxygen atoms in total. The summed E-state index contributed by atoms with van der Waals surface area (Å²) < 4.78 is 11.5. The Morgan fingerprint density at radius 2 is 2.00 bits per heavy atom. The van der Waals surface area contributed by atoms with Crippen LogP contribution in [0.25, 0.3) is 0 Å². The molecule has 0 unspecified atom stereocenters. The number of benzene rings is 2. The standard InChI is InChI=1S/C20H19BrClN3O4/c21-16-11-14(12-23-24-20(27)15-3-1-2-4-17(15)22)5-6-18(16)29-13-19(26)25-7-9-28-10-8-25/h1-6,11-12H,7-10,13H2,(H,24,27)/b23-12-. The highest BCUT2D eigenvalue weighted by atomic mass is 79.9. The Morgan fingerprint density at radius 3 is 2.72 bits per heavy atom. The van der Waals surface area contributed by atoms with Gasteiger partial charge in [0.05, 0.1) is 34.5 Å². The van der Waals surface area contributed by atoms with Gasteiger partial charge in [-0.15, -0.1) is 0 Å². The van der Waals surface area contributed by atoms with Crippen molar-refractivity contribution in [2.45, 2.75) is 0 Å². The highest BCUT2D eigenvalue weighted by Crippen LogP contribution is 2.25. The van der Waals surface area contributed by atoms with E-state index in [4.69, 9.17) is 21.1 Å². The molecule has 1 fully saturated rings. The zero-order valence-corrected chi connectivity index (χ0v) is 17.8. The van der Waals surface area contributed by atoms with Gasteiger partial charge in [-0.25, -0.2) is 5.43 Å². The van der Waals surface area contributed by atoms with Gasteiger partial charge >= 0.3 is 0 Å². The van der Waals surface area contributed by atoms with E-state index in [1.807, 2.05) is 0 Å². The van der Waals surface area contributed by atoms with Crippen LogP contribution in [0.2, 0.25) is 5.02 Å². The SMILES string of the molecule is O=C(N/N=C\c1ccc(OCC(=O)N2CCOCC2)c(Br)c1)c1ccccc1Cl. The molecule has 0 aromatic heterocycles. The molecule has 0 radical (unpaired) electrons. The van der Waals surface area contributed by atoms with E-state index in [0.29, 0.717) is 47.1 Å². The zero-order valence-electron chi connectivity index (χ0n) is 15.4. The predicted molar refractivity (Wildman–Crippen MR) is 114 cm³/mol. The summed E-state index contributed by atoms with van der Waals surface area (Å²) >= 11 is 9.41. The third kappa shape index (κ3) is 6.03. The molecule has 0 saturated carbocycles. The molecule has 1 aliphatic heterocycles. The van der Waals surface area contributed by atoms with Crippen LogP contribution in [0.3, 0.4) is 0 Å². The Balaban J connectivity index is 1.53. The Labute approximate surface area is 181 Å². The van der Waals surface area contributed by atoms with Gasteiger partial charge < -0.3 is 14.4 Å². The molecular weight excluding hydrogens is 462 g/mol. The van der Waals surface area contributed by atoms with E-state index in [9.17, 15) is 9.59 Å². The van der Waals surface area contributed by atoms with Gasteiger partial charge in [0.25, 0.3) is 11.8 Å². The minimum atomic E-state index is -0.396. The molecule has 1 aliphatic rings. The fourth-order valence-electron chi connectivity index (χ4n) is 2.63. The average Bonchev–Trinajstić information content (AvgIpc) is 2.74. The summed E-state index contributed by atoms with van der Waals surface area (Å²) in [4.78, 5) is 26.0. The van der Waals surface area contributed by atoms with Crippen LogP contribution < -0.4 is 10.2 Å². The van der Waals surface area contributed by atoms with Gasteiger partial charge in [-0.2, -0.15) is 5.10 Å². The second-order valence-corrected chi connectivity index (χ2v) is 7.41. The second-order valence-electron chi connectivity index (χ2n) is 6.15. The third-order valence-corrected chi connectivity index (χ3v) is 5.12. The first-order valence-corrected chi connectivity index (χ1v) is 10.1. The lowest BCUT2D eigenvalue weighted by Crippen LogP contribution is -2.43. The molecule has 1 N–H and O–H groups in total. The maximum atomic E-state index is 12.2. The zero-order chi connectivity index (χ0) is 20.6. The van der Waals surface area contributed by atoms with Crippen molar-refractivity contribution in [3.63, 3.8) is 0 Å². The maximum absolute atomic E-state index is 12.2. The Hall–Kier alpha value is -2.42. The molecule has 1 heterocycles. The molecule has 1 saturated heterocycles. The van der Waals surface area contributed by atoms with Crippen molar-refractivity contribution in [2.75, 3.05) is 32.9 Å². The number of halogens is 2. The predicted octanol–water partition coefficient (Wildman–Crippen LogP) is 3.10. The van der Waals surface area contributed by atoms with E-state index < -0.39 is 5.91 Å². The monoisotopic (exact) mass is 479 g/mol. The summed E-state index contributed by atoms with van der Waals surface area (Å²) in [5.41, 5.74) is 3.53. The van der Waals surface area contributed by atoms with Crippen LogP contribution in [-0.4, -0.2) is 55.8 Å². The lowest BCUT2D eigenvalue weighted by atomic mass is 10.2. The average molecular weight is 481 g/mol. The van der Waals surface area contributed by atoms with E-state index >= 15 is 0 Å². The molecule has 2 aromatic carbocycles. The van der Waals surface area contributed by atoms with Crippen molar-refractivity contribution < 1.29 is 19.1 Å². The van der Waals surface area contributed by atoms with Crippen LogP contribution in [-0.2, 0) is 9.53 Å².